The number of sulfone groups is 2. The van der Waals surface area contributed by atoms with Crippen LogP contribution in [0.25, 0.3) is 34.2 Å². The number of rotatable bonds is 20. The van der Waals surface area contributed by atoms with Crippen molar-refractivity contribution in [1.29, 1.82) is 0 Å². The fourth-order valence-corrected chi connectivity index (χ4v) is 10.8. The van der Waals surface area contributed by atoms with Gasteiger partial charge in [0.25, 0.3) is 0 Å². The molecule has 6 heterocycles. The summed E-state index contributed by atoms with van der Waals surface area (Å²) < 4.78 is 91.6. The third-order valence-electron chi connectivity index (χ3n) is 11.9. The molecule has 0 amide bonds. The Labute approximate surface area is 429 Å². The van der Waals surface area contributed by atoms with E-state index in [-0.39, 0.29) is 11.6 Å². The van der Waals surface area contributed by atoms with E-state index in [4.69, 9.17) is 28.4 Å². The van der Waals surface area contributed by atoms with Gasteiger partial charge in [0.15, 0.2) is 43.0 Å². The monoisotopic (exact) mass is 1050 g/mol. The van der Waals surface area contributed by atoms with Crippen LogP contribution in [0, 0.1) is 13.8 Å². The summed E-state index contributed by atoms with van der Waals surface area (Å²) in [5, 5.41) is 15.3. The molecule has 0 saturated heterocycles. The van der Waals surface area contributed by atoms with E-state index in [9.17, 15) is 16.8 Å². The molecular formula is C50H56N12O10S2. The van der Waals surface area contributed by atoms with Crippen molar-refractivity contribution in [2.75, 3.05) is 42.7 Å². The van der Waals surface area contributed by atoms with Gasteiger partial charge in [-0.1, -0.05) is 12.1 Å². The normalized spacial score (nSPS) is 13.2. The number of pyridine rings is 2. The van der Waals surface area contributed by atoms with Crippen LogP contribution in [0.2, 0.25) is 0 Å². The molecule has 4 atom stereocenters. The van der Waals surface area contributed by atoms with Gasteiger partial charge in [-0.2, -0.15) is 0 Å². The summed E-state index contributed by atoms with van der Waals surface area (Å²) in [6.45, 7) is 6.77. The third-order valence-corrected chi connectivity index (χ3v) is 16.0. The van der Waals surface area contributed by atoms with Gasteiger partial charge in [0.05, 0.1) is 74.1 Å². The van der Waals surface area contributed by atoms with E-state index in [0.717, 1.165) is 11.4 Å². The zero-order valence-electron chi connectivity index (χ0n) is 42.4. The highest BCUT2D eigenvalue weighted by molar-refractivity contribution is 7.91. The van der Waals surface area contributed by atoms with Crippen molar-refractivity contribution >= 4 is 19.7 Å². The predicted octanol–water partition coefficient (Wildman–Crippen LogP) is 6.27. The number of aromatic nitrogens is 12. The number of para-hydroxylation sites is 2. The third kappa shape index (κ3) is 11.7. The van der Waals surface area contributed by atoms with Gasteiger partial charge in [0, 0.05) is 62.5 Å². The average Bonchev–Trinajstić information content (AvgIpc) is 4.03. The van der Waals surface area contributed by atoms with Gasteiger partial charge in [0.2, 0.25) is 0 Å². The number of methoxy groups -OCH3 is 6. The van der Waals surface area contributed by atoms with E-state index in [1.54, 1.807) is 123 Å². The minimum absolute atomic E-state index is 0.179. The Balaban J connectivity index is 0.000000216. The van der Waals surface area contributed by atoms with Crippen LogP contribution < -0.4 is 18.9 Å². The fourth-order valence-electron chi connectivity index (χ4n) is 7.96. The maximum atomic E-state index is 13.7. The maximum absolute atomic E-state index is 13.7. The second-order valence-electron chi connectivity index (χ2n) is 16.6. The van der Waals surface area contributed by atoms with Gasteiger partial charge in [-0.25, -0.2) is 16.8 Å². The Kier molecular flexibility index (Phi) is 17.4. The quantitative estimate of drug-likeness (QED) is 0.0814. The number of nitrogens with zero attached hydrogens (tertiary/aromatic N) is 12. The molecular weight excluding hydrogens is 993 g/mol. The molecule has 74 heavy (non-hydrogen) atoms. The summed E-state index contributed by atoms with van der Waals surface area (Å²) in [5.74, 6) is 2.12. The Morgan fingerprint density at radius 3 is 1.12 bits per heavy atom. The first kappa shape index (κ1) is 54.0. The lowest BCUT2D eigenvalue weighted by Crippen LogP contribution is -2.29. The molecule has 0 aliphatic heterocycles. The molecule has 0 saturated carbocycles. The topological polar surface area (TPSA) is 262 Å². The average molecular weight is 1050 g/mol. The van der Waals surface area contributed by atoms with Crippen LogP contribution in [0.3, 0.4) is 0 Å². The van der Waals surface area contributed by atoms with Crippen molar-refractivity contribution in [3.05, 3.63) is 145 Å². The second-order valence-corrected chi connectivity index (χ2v) is 21.3. The summed E-state index contributed by atoms with van der Waals surface area (Å²) >= 11 is 0. The first-order chi connectivity index (χ1) is 35.6. The number of hydrogen-bond donors (Lipinski definition) is 0. The van der Waals surface area contributed by atoms with Gasteiger partial charge >= 0.3 is 0 Å². The summed E-state index contributed by atoms with van der Waals surface area (Å²) in [5.41, 5.74) is 4.52. The molecule has 8 aromatic rings. The summed E-state index contributed by atoms with van der Waals surface area (Å²) in [6, 6.07) is 17.7. The lowest BCUT2D eigenvalue weighted by atomic mass is 10.2. The lowest BCUT2D eigenvalue weighted by molar-refractivity contribution is 0.0982. The molecule has 0 aliphatic carbocycles. The van der Waals surface area contributed by atoms with Crippen LogP contribution in [0.4, 0.5) is 0 Å². The Bertz CT molecular complexity index is 3100. The van der Waals surface area contributed by atoms with Crippen molar-refractivity contribution in [1.82, 2.24) is 59.4 Å². The standard InChI is InChI=1S/2C25H28N6O5S/c2*1-16-12-28-19(14-27-16)24(36-5)17(2)37(32,33)15-22-29-30-25(18-8-7-11-26-13-18)31(22)23-20(34-3)9-6-10-21(23)35-4/h2*6-14,17,24H,15H2,1-5H3/t2*17-,24-/m10/s1. The number of hydrogen-bond acceptors (Lipinski definition) is 20. The molecule has 388 valence electrons. The first-order valence-corrected chi connectivity index (χ1v) is 26.2. The first-order valence-electron chi connectivity index (χ1n) is 22.8. The molecule has 0 radical (unpaired) electrons. The Hall–Kier alpha value is -7.80. The zero-order valence-corrected chi connectivity index (χ0v) is 44.0. The van der Waals surface area contributed by atoms with Crippen molar-refractivity contribution in [3.63, 3.8) is 0 Å². The molecule has 0 bridgehead atoms. The van der Waals surface area contributed by atoms with E-state index >= 15 is 0 Å². The molecule has 0 N–H and O–H groups in total. The highest BCUT2D eigenvalue weighted by Crippen LogP contribution is 2.39. The molecule has 8 rings (SSSR count). The lowest BCUT2D eigenvalue weighted by Gasteiger charge is -2.22. The van der Waals surface area contributed by atoms with Crippen LogP contribution in [0.5, 0.6) is 23.0 Å². The van der Waals surface area contributed by atoms with Crippen molar-refractivity contribution in [3.8, 4) is 57.1 Å². The number of benzene rings is 2. The highest BCUT2D eigenvalue weighted by Gasteiger charge is 2.37. The Morgan fingerprint density at radius 1 is 0.473 bits per heavy atom. The van der Waals surface area contributed by atoms with Gasteiger partial charge < -0.3 is 28.4 Å². The van der Waals surface area contributed by atoms with E-state index < -0.39 is 53.9 Å². The fraction of sp³-hybridized carbons (Fsp3) is 0.320. The summed E-state index contributed by atoms with van der Waals surface area (Å²) in [4.78, 5) is 25.4. The highest BCUT2D eigenvalue weighted by atomic mass is 32.2. The molecule has 2 aromatic carbocycles. The SMILES string of the molecule is COc1cccc(OC)c1-n1c(CS(=O)(=O)[C@@H](C)[C@H](OC)c2cnc(C)cn2)nnc1-c1cccnc1.COc1cccc(OC)c1-n1c(CS(=O)(=O)[C@H](C)[C@@H](OC)c2cnc(C)cn2)nnc1-c1cccnc1. The van der Waals surface area contributed by atoms with Crippen LogP contribution in [-0.4, -0.2) is 129 Å². The van der Waals surface area contributed by atoms with Crippen molar-refractivity contribution in [2.45, 2.75) is 61.9 Å². The van der Waals surface area contributed by atoms with Gasteiger partial charge in [-0.3, -0.25) is 39.0 Å². The molecule has 6 aromatic heterocycles. The van der Waals surface area contributed by atoms with Crippen molar-refractivity contribution in [2.24, 2.45) is 0 Å². The van der Waals surface area contributed by atoms with Crippen LogP contribution in [0.15, 0.2) is 110 Å². The van der Waals surface area contributed by atoms with E-state index in [2.05, 4.69) is 50.3 Å². The molecule has 24 heteroatoms. The minimum Gasteiger partial charge on any atom is -0.494 e. The molecule has 22 nitrogen and oxygen atoms in total. The molecule has 0 aliphatic rings. The van der Waals surface area contributed by atoms with E-state index in [0.29, 0.717) is 68.5 Å². The van der Waals surface area contributed by atoms with E-state index in [1.165, 1.54) is 55.1 Å². The molecule has 0 spiro atoms. The van der Waals surface area contributed by atoms with Crippen LogP contribution >= 0.6 is 0 Å². The molecule has 0 unspecified atom stereocenters. The molecule has 0 fully saturated rings. The van der Waals surface area contributed by atoms with Crippen LogP contribution in [-0.2, 0) is 40.7 Å². The Morgan fingerprint density at radius 2 is 0.838 bits per heavy atom. The summed E-state index contributed by atoms with van der Waals surface area (Å²) in [6.07, 6.45) is 11.1. The smallest absolute Gasteiger partial charge is 0.170 e. The summed E-state index contributed by atoms with van der Waals surface area (Å²) in [7, 11) is 1.32. The largest absolute Gasteiger partial charge is 0.494 e. The van der Waals surface area contributed by atoms with E-state index in [1.807, 2.05) is 12.1 Å². The van der Waals surface area contributed by atoms with Crippen LogP contribution in [0.1, 0.15) is 60.5 Å². The van der Waals surface area contributed by atoms with Gasteiger partial charge in [-0.15, -0.1) is 20.4 Å². The second kappa shape index (κ2) is 23.8. The van der Waals surface area contributed by atoms with Crippen molar-refractivity contribution < 1.29 is 45.3 Å². The number of ether oxygens (including phenoxy) is 6. The zero-order chi connectivity index (χ0) is 53.2. The maximum Gasteiger partial charge on any atom is 0.170 e. The minimum atomic E-state index is -3.83. The van der Waals surface area contributed by atoms with Gasteiger partial charge in [0.1, 0.15) is 58.1 Å². The number of aryl methyl sites for hydroxylation is 2. The predicted molar refractivity (Wildman–Crippen MR) is 273 cm³/mol. The van der Waals surface area contributed by atoms with Gasteiger partial charge in [-0.05, 0) is 76.2 Å².